The van der Waals surface area contributed by atoms with Gasteiger partial charge in [0.25, 0.3) is 0 Å². The van der Waals surface area contributed by atoms with E-state index in [4.69, 9.17) is 9.40 Å². The fourth-order valence-corrected chi connectivity index (χ4v) is 9.03. The highest BCUT2D eigenvalue weighted by molar-refractivity contribution is 6.17. The van der Waals surface area contributed by atoms with Gasteiger partial charge in [0.05, 0.1) is 50.4 Å². The number of pyridine rings is 1. The molecule has 0 saturated heterocycles. The standard InChI is InChI=1S/C53H33N3O/c1-3-17-34(18-4-1)43-31-36(32-44(54-43)35-19-5-2-6-20-35)51-52(56-47-28-14-9-23-39(47)40-24-10-15-29-48(40)56)49(33-42-41-25-11-16-30-50(41)57-53(42)51)55-45-26-12-7-21-37(45)38-22-8-13-27-46(38)55/h1-33H. The molecular weight excluding hydrogens is 695 g/mol. The molecule has 0 unspecified atom stereocenters. The smallest absolute Gasteiger partial charge is 0.145 e. The molecule has 12 aromatic rings. The highest BCUT2D eigenvalue weighted by atomic mass is 16.3. The molecule has 0 N–H and O–H groups in total. The van der Waals surface area contributed by atoms with Crippen LogP contribution in [0.5, 0.6) is 0 Å². The lowest BCUT2D eigenvalue weighted by Gasteiger charge is -2.22. The van der Waals surface area contributed by atoms with Crippen LogP contribution in [0.4, 0.5) is 0 Å². The third kappa shape index (κ3) is 4.77. The third-order valence-electron chi connectivity index (χ3n) is 11.5. The molecular formula is C53H33N3O. The quantitative estimate of drug-likeness (QED) is 0.177. The van der Waals surface area contributed by atoms with Gasteiger partial charge in [-0.05, 0) is 54.1 Å². The Labute approximate surface area is 328 Å². The summed E-state index contributed by atoms with van der Waals surface area (Å²) in [6.45, 7) is 0. The second kappa shape index (κ2) is 12.4. The van der Waals surface area contributed by atoms with Crippen LogP contribution in [0.3, 0.4) is 0 Å². The van der Waals surface area contributed by atoms with Gasteiger partial charge in [-0.3, -0.25) is 0 Å². The first-order valence-corrected chi connectivity index (χ1v) is 19.4. The lowest BCUT2D eigenvalue weighted by molar-refractivity contribution is 0.669. The number of aromatic nitrogens is 3. The average molecular weight is 728 g/mol. The monoisotopic (exact) mass is 727 g/mol. The highest BCUT2D eigenvalue weighted by Crippen LogP contribution is 2.48. The molecule has 0 saturated carbocycles. The van der Waals surface area contributed by atoms with Gasteiger partial charge in [-0.15, -0.1) is 0 Å². The Hall–Kier alpha value is -7.69. The number of rotatable bonds is 5. The van der Waals surface area contributed by atoms with Gasteiger partial charge in [0.1, 0.15) is 11.2 Å². The van der Waals surface area contributed by atoms with Gasteiger partial charge in [-0.25, -0.2) is 4.98 Å². The predicted octanol–water partition coefficient (Wildman–Crippen LogP) is 14.2. The summed E-state index contributed by atoms with van der Waals surface area (Å²) in [5, 5.41) is 6.94. The van der Waals surface area contributed by atoms with Gasteiger partial charge in [-0.1, -0.05) is 152 Å². The Balaban J connectivity index is 1.35. The maximum atomic E-state index is 7.10. The Morgan fingerprint density at radius 3 is 1.28 bits per heavy atom. The molecule has 0 spiro atoms. The first-order chi connectivity index (χ1) is 28.3. The van der Waals surface area contributed by atoms with Crippen molar-refractivity contribution >= 4 is 65.6 Å². The number of hydrogen-bond donors (Lipinski definition) is 0. The summed E-state index contributed by atoms with van der Waals surface area (Å²) in [6.07, 6.45) is 0. The largest absolute Gasteiger partial charge is 0.455 e. The van der Waals surface area contributed by atoms with E-state index in [1.54, 1.807) is 0 Å². The van der Waals surface area contributed by atoms with Crippen molar-refractivity contribution in [3.8, 4) is 45.0 Å². The van der Waals surface area contributed by atoms with Gasteiger partial charge < -0.3 is 13.6 Å². The molecule has 0 fully saturated rings. The summed E-state index contributed by atoms with van der Waals surface area (Å²) in [6, 6.07) is 71.3. The van der Waals surface area contributed by atoms with Gasteiger partial charge in [0.15, 0.2) is 0 Å². The fourth-order valence-electron chi connectivity index (χ4n) is 9.03. The summed E-state index contributed by atoms with van der Waals surface area (Å²) in [4.78, 5) is 5.33. The second-order valence-corrected chi connectivity index (χ2v) is 14.7. The Morgan fingerprint density at radius 1 is 0.351 bits per heavy atom. The maximum absolute atomic E-state index is 7.10. The van der Waals surface area contributed by atoms with Crippen molar-refractivity contribution in [3.05, 3.63) is 200 Å². The molecule has 0 aliphatic heterocycles. The van der Waals surface area contributed by atoms with Crippen molar-refractivity contribution in [1.29, 1.82) is 0 Å². The van der Waals surface area contributed by atoms with Crippen LogP contribution in [0, 0.1) is 0 Å². The maximum Gasteiger partial charge on any atom is 0.145 e. The summed E-state index contributed by atoms with van der Waals surface area (Å²) >= 11 is 0. The number of hydrogen-bond acceptors (Lipinski definition) is 2. The number of nitrogens with zero attached hydrogens (tertiary/aromatic N) is 3. The van der Waals surface area contributed by atoms with E-state index in [2.05, 4.69) is 209 Å². The zero-order chi connectivity index (χ0) is 37.5. The minimum atomic E-state index is 0.835. The first kappa shape index (κ1) is 31.6. The molecule has 12 rings (SSSR count). The predicted molar refractivity (Wildman–Crippen MR) is 237 cm³/mol. The lowest BCUT2D eigenvalue weighted by atomic mass is 9.95. The zero-order valence-electron chi connectivity index (χ0n) is 30.8. The SMILES string of the molecule is c1ccc(-c2cc(-c3c(-n4c5ccccc5c5ccccc54)c(-n4c5ccccc5c5ccccc54)cc4c3oc3ccccc34)cc(-c3ccccc3)n2)cc1. The molecule has 57 heavy (non-hydrogen) atoms. The normalized spacial score (nSPS) is 11.9. The summed E-state index contributed by atoms with van der Waals surface area (Å²) in [5.74, 6) is 0. The molecule has 4 heterocycles. The molecule has 0 radical (unpaired) electrons. The molecule has 8 aromatic carbocycles. The van der Waals surface area contributed by atoms with Crippen molar-refractivity contribution in [2.24, 2.45) is 0 Å². The fraction of sp³-hybridized carbons (Fsp3) is 0. The number of furan rings is 1. The van der Waals surface area contributed by atoms with E-state index in [9.17, 15) is 0 Å². The third-order valence-corrected chi connectivity index (χ3v) is 11.5. The van der Waals surface area contributed by atoms with Crippen molar-refractivity contribution < 1.29 is 4.42 Å². The van der Waals surface area contributed by atoms with Crippen LogP contribution in [-0.2, 0) is 0 Å². The topological polar surface area (TPSA) is 35.9 Å². The van der Waals surface area contributed by atoms with Gasteiger partial charge in [-0.2, -0.15) is 0 Å². The molecule has 4 heteroatoms. The van der Waals surface area contributed by atoms with Crippen LogP contribution in [-0.4, -0.2) is 14.1 Å². The summed E-state index contributed by atoms with van der Waals surface area (Å²) < 4.78 is 12.0. The van der Waals surface area contributed by atoms with E-state index < -0.39 is 0 Å². The Morgan fingerprint density at radius 2 is 0.772 bits per heavy atom. The van der Waals surface area contributed by atoms with Gasteiger partial charge >= 0.3 is 0 Å². The molecule has 4 aromatic heterocycles. The van der Waals surface area contributed by atoms with Crippen molar-refractivity contribution in [3.63, 3.8) is 0 Å². The van der Waals surface area contributed by atoms with Crippen LogP contribution >= 0.6 is 0 Å². The number of fused-ring (bicyclic) bond motifs is 9. The summed E-state index contributed by atoms with van der Waals surface area (Å²) in [5.41, 5.74) is 14.2. The van der Waals surface area contributed by atoms with E-state index in [1.165, 1.54) is 21.5 Å². The molecule has 0 amide bonds. The molecule has 0 bridgehead atoms. The Bertz CT molecular complexity index is 3350. The summed E-state index contributed by atoms with van der Waals surface area (Å²) in [7, 11) is 0. The molecule has 4 nitrogen and oxygen atoms in total. The van der Waals surface area contributed by atoms with Crippen LogP contribution in [0.15, 0.2) is 205 Å². The number of benzene rings is 8. The van der Waals surface area contributed by atoms with Gasteiger partial charge in [0, 0.05) is 43.4 Å². The van der Waals surface area contributed by atoms with Crippen molar-refractivity contribution in [2.45, 2.75) is 0 Å². The van der Waals surface area contributed by atoms with Gasteiger partial charge in [0.2, 0.25) is 0 Å². The lowest BCUT2D eigenvalue weighted by Crippen LogP contribution is -2.06. The minimum Gasteiger partial charge on any atom is -0.455 e. The number of para-hydroxylation sites is 5. The minimum absolute atomic E-state index is 0.835. The van der Waals surface area contributed by atoms with E-state index in [-0.39, 0.29) is 0 Å². The zero-order valence-corrected chi connectivity index (χ0v) is 30.8. The van der Waals surface area contributed by atoms with Crippen LogP contribution < -0.4 is 0 Å². The van der Waals surface area contributed by atoms with E-state index in [0.29, 0.717) is 0 Å². The van der Waals surface area contributed by atoms with Crippen molar-refractivity contribution in [2.75, 3.05) is 0 Å². The molecule has 266 valence electrons. The molecule has 0 atom stereocenters. The average Bonchev–Trinajstić information content (AvgIpc) is 3.94. The highest BCUT2D eigenvalue weighted by Gasteiger charge is 2.28. The van der Waals surface area contributed by atoms with Crippen molar-refractivity contribution in [1.82, 2.24) is 14.1 Å². The van der Waals surface area contributed by atoms with E-state index >= 15 is 0 Å². The van der Waals surface area contributed by atoms with Crippen LogP contribution in [0.2, 0.25) is 0 Å². The second-order valence-electron chi connectivity index (χ2n) is 14.7. The van der Waals surface area contributed by atoms with E-state index in [0.717, 1.165) is 89.0 Å². The van der Waals surface area contributed by atoms with Crippen LogP contribution in [0.1, 0.15) is 0 Å². The Kier molecular flexibility index (Phi) is 6.89. The molecule has 0 aliphatic rings. The molecule has 0 aliphatic carbocycles. The van der Waals surface area contributed by atoms with Crippen LogP contribution in [0.25, 0.3) is 111 Å². The van der Waals surface area contributed by atoms with E-state index in [1.807, 2.05) is 0 Å². The first-order valence-electron chi connectivity index (χ1n) is 19.4.